The van der Waals surface area contributed by atoms with Crippen LogP contribution in [0.15, 0.2) is 30.0 Å². The summed E-state index contributed by atoms with van der Waals surface area (Å²) < 4.78 is 56.5. The third kappa shape index (κ3) is 3.10. The van der Waals surface area contributed by atoms with Gasteiger partial charge in [-0.2, -0.15) is 13.2 Å². The van der Waals surface area contributed by atoms with E-state index in [2.05, 4.69) is 5.43 Å². The first-order chi connectivity index (χ1) is 9.43. The molecule has 3 N–H and O–H groups in total. The molecule has 20 heavy (non-hydrogen) atoms. The molecule has 0 aromatic heterocycles. The zero-order valence-electron chi connectivity index (χ0n) is 10.5. The van der Waals surface area contributed by atoms with Crippen LogP contribution in [0.4, 0.5) is 17.6 Å². The van der Waals surface area contributed by atoms with Gasteiger partial charge >= 0.3 is 6.18 Å². The Morgan fingerprint density at radius 2 is 2.05 bits per heavy atom. The van der Waals surface area contributed by atoms with Gasteiger partial charge in [0.25, 0.3) is 0 Å². The molecule has 0 saturated heterocycles. The average molecular weight is 290 g/mol. The van der Waals surface area contributed by atoms with E-state index in [-0.39, 0.29) is 5.56 Å². The molecule has 1 aromatic carbocycles. The van der Waals surface area contributed by atoms with Gasteiger partial charge in [-0.05, 0) is 36.1 Å². The Kier molecular flexibility index (Phi) is 4.29. The average Bonchev–Trinajstić information content (AvgIpc) is 2.41. The van der Waals surface area contributed by atoms with E-state index in [4.69, 9.17) is 10.6 Å². The summed E-state index contributed by atoms with van der Waals surface area (Å²) in [5.74, 6) is 4.11. The van der Waals surface area contributed by atoms with E-state index in [0.717, 1.165) is 24.1 Å². The van der Waals surface area contributed by atoms with Crippen molar-refractivity contribution >= 4 is 0 Å². The monoisotopic (exact) mass is 290 g/mol. The van der Waals surface area contributed by atoms with E-state index in [1.165, 1.54) is 12.3 Å². The predicted octanol–water partition coefficient (Wildman–Crippen LogP) is 3.04. The Labute approximate surface area is 113 Å². The van der Waals surface area contributed by atoms with Gasteiger partial charge < -0.3 is 4.74 Å². The number of hydrogen-bond acceptors (Lipinski definition) is 3. The third-order valence-corrected chi connectivity index (χ3v) is 3.13. The molecule has 0 fully saturated rings. The minimum atomic E-state index is -4.74. The summed E-state index contributed by atoms with van der Waals surface area (Å²) in [4.78, 5) is 0. The molecule has 2 rings (SSSR count). The highest BCUT2D eigenvalue weighted by Crippen LogP contribution is 2.35. The minimum absolute atomic E-state index is 0.248. The molecule has 0 aliphatic carbocycles. The number of hydrazine groups is 1. The zero-order chi connectivity index (χ0) is 14.8. The summed E-state index contributed by atoms with van der Waals surface area (Å²) >= 11 is 0. The number of alkyl halides is 3. The molecule has 0 saturated carbocycles. The number of nitrogens with two attached hydrogens (primary N) is 1. The maximum Gasteiger partial charge on any atom is 0.419 e. The molecular formula is C13H14F4N2O. The second-order valence-corrected chi connectivity index (χ2v) is 4.50. The molecular weight excluding hydrogens is 276 g/mol. The number of halogens is 4. The first-order valence-corrected chi connectivity index (χ1v) is 6.07. The molecule has 0 bridgehead atoms. The number of benzene rings is 1. The Morgan fingerprint density at radius 3 is 2.60 bits per heavy atom. The van der Waals surface area contributed by atoms with Crippen molar-refractivity contribution in [2.75, 3.05) is 6.61 Å². The normalized spacial score (nSPS) is 17.4. The Bertz CT molecular complexity index is 514. The smallest absolute Gasteiger partial charge is 0.419 e. The van der Waals surface area contributed by atoms with Crippen molar-refractivity contribution in [3.63, 3.8) is 0 Å². The van der Waals surface area contributed by atoms with E-state index >= 15 is 0 Å². The van der Waals surface area contributed by atoms with Crippen LogP contribution in [-0.2, 0) is 10.9 Å². The fourth-order valence-corrected chi connectivity index (χ4v) is 2.15. The molecule has 110 valence electrons. The van der Waals surface area contributed by atoms with Crippen molar-refractivity contribution < 1.29 is 22.3 Å². The molecule has 3 nitrogen and oxygen atoms in total. The molecule has 0 spiro atoms. The summed E-state index contributed by atoms with van der Waals surface area (Å²) in [5, 5.41) is 0. The molecule has 1 atom stereocenters. The van der Waals surface area contributed by atoms with Gasteiger partial charge in [-0.3, -0.25) is 5.84 Å². The van der Waals surface area contributed by atoms with Crippen LogP contribution >= 0.6 is 0 Å². The van der Waals surface area contributed by atoms with Crippen molar-refractivity contribution in [2.45, 2.75) is 25.1 Å². The van der Waals surface area contributed by atoms with Gasteiger partial charge in [0.1, 0.15) is 5.82 Å². The highest BCUT2D eigenvalue weighted by Gasteiger charge is 2.35. The molecule has 1 aromatic rings. The highest BCUT2D eigenvalue weighted by atomic mass is 19.4. The number of ether oxygens (including phenoxy) is 1. The summed E-state index contributed by atoms with van der Waals surface area (Å²) in [5.41, 5.74) is 2.13. The topological polar surface area (TPSA) is 47.3 Å². The largest absolute Gasteiger partial charge is 0.501 e. The van der Waals surface area contributed by atoms with Crippen LogP contribution in [0.5, 0.6) is 0 Å². The lowest BCUT2D eigenvalue weighted by molar-refractivity contribution is -0.140. The fraction of sp³-hybridized carbons (Fsp3) is 0.385. The summed E-state index contributed by atoms with van der Waals surface area (Å²) in [6.07, 6.45) is -1.83. The Hall–Kier alpha value is -1.60. The molecule has 1 unspecified atom stereocenters. The molecule has 7 heteroatoms. The standard InChI is InChI=1S/C13H14F4N2O/c14-11-4-3-8(6-10(11)13(15,16)17)12(19-18)9-2-1-5-20-7-9/h3-4,6-7,12,19H,1-2,5,18H2. The van der Waals surface area contributed by atoms with Gasteiger partial charge in [-0.1, -0.05) is 6.07 Å². The van der Waals surface area contributed by atoms with E-state index in [1.54, 1.807) is 0 Å². The van der Waals surface area contributed by atoms with Crippen molar-refractivity contribution in [3.05, 3.63) is 47.0 Å². The van der Waals surface area contributed by atoms with Crippen LogP contribution < -0.4 is 11.3 Å². The van der Waals surface area contributed by atoms with Crippen LogP contribution in [0.2, 0.25) is 0 Å². The SMILES string of the molecule is NNC(C1=COCCC1)c1ccc(F)c(C(F)(F)F)c1. The third-order valence-electron chi connectivity index (χ3n) is 3.13. The first kappa shape index (κ1) is 14.8. The maximum atomic E-state index is 13.3. The van der Waals surface area contributed by atoms with Crippen molar-refractivity contribution in [1.29, 1.82) is 0 Å². The van der Waals surface area contributed by atoms with E-state index in [1.807, 2.05) is 0 Å². The van der Waals surface area contributed by atoms with Crippen LogP contribution in [-0.4, -0.2) is 6.61 Å². The van der Waals surface area contributed by atoms with Gasteiger partial charge in [0.2, 0.25) is 0 Å². The highest BCUT2D eigenvalue weighted by molar-refractivity contribution is 5.34. The van der Waals surface area contributed by atoms with Crippen LogP contribution in [0.3, 0.4) is 0 Å². The van der Waals surface area contributed by atoms with E-state index < -0.39 is 23.6 Å². The number of rotatable bonds is 3. The van der Waals surface area contributed by atoms with Gasteiger partial charge in [0.15, 0.2) is 0 Å². The van der Waals surface area contributed by atoms with Crippen molar-refractivity contribution in [3.8, 4) is 0 Å². The van der Waals surface area contributed by atoms with Gasteiger partial charge in [0.05, 0.1) is 24.5 Å². The minimum Gasteiger partial charge on any atom is -0.501 e. The lowest BCUT2D eigenvalue weighted by Gasteiger charge is -2.23. The van der Waals surface area contributed by atoms with Crippen LogP contribution in [0.25, 0.3) is 0 Å². The molecule has 1 aliphatic heterocycles. The van der Waals surface area contributed by atoms with Crippen LogP contribution in [0, 0.1) is 5.82 Å². The molecule has 1 aliphatic rings. The molecule has 0 radical (unpaired) electrons. The van der Waals surface area contributed by atoms with Gasteiger partial charge in [-0.15, -0.1) is 0 Å². The predicted molar refractivity (Wildman–Crippen MR) is 64.7 cm³/mol. The second kappa shape index (κ2) is 5.80. The van der Waals surface area contributed by atoms with Crippen molar-refractivity contribution in [1.82, 2.24) is 5.43 Å². The second-order valence-electron chi connectivity index (χ2n) is 4.50. The summed E-state index contributed by atoms with van der Waals surface area (Å²) in [6, 6.07) is 2.23. The van der Waals surface area contributed by atoms with Crippen molar-refractivity contribution in [2.24, 2.45) is 5.84 Å². The number of hydrogen-bond donors (Lipinski definition) is 2. The maximum absolute atomic E-state index is 13.3. The Morgan fingerprint density at radius 1 is 1.30 bits per heavy atom. The lowest BCUT2D eigenvalue weighted by Crippen LogP contribution is -2.30. The van der Waals surface area contributed by atoms with Crippen LogP contribution in [0.1, 0.15) is 30.0 Å². The fourth-order valence-electron chi connectivity index (χ4n) is 2.15. The zero-order valence-corrected chi connectivity index (χ0v) is 10.5. The van der Waals surface area contributed by atoms with E-state index in [0.29, 0.717) is 13.0 Å². The van der Waals surface area contributed by atoms with E-state index in [9.17, 15) is 17.6 Å². The molecule has 0 amide bonds. The van der Waals surface area contributed by atoms with Gasteiger partial charge in [0, 0.05) is 0 Å². The summed E-state index contributed by atoms with van der Waals surface area (Å²) in [6.45, 7) is 0.567. The first-order valence-electron chi connectivity index (χ1n) is 6.07. The Balaban J connectivity index is 2.38. The number of nitrogens with one attached hydrogen (secondary N) is 1. The summed E-state index contributed by atoms with van der Waals surface area (Å²) in [7, 11) is 0. The van der Waals surface area contributed by atoms with Gasteiger partial charge in [-0.25, -0.2) is 9.82 Å². The lowest BCUT2D eigenvalue weighted by atomic mass is 9.94. The molecule has 1 heterocycles. The quantitative estimate of drug-likeness (QED) is 0.511.